The third-order valence-corrected chi connectivity index (χ3v) is 9.21. The molecule has 2 aliphatic heterocycles. The molecule has 2 heterocycles. The quantitative estimate of drug-likeness (QED) is 0.147. The zero-order valence-electron chi connectivity index (χ0n) is 24.6. The monoisotopic (exact) mass is 634 g/mol. The van der Waals surface area contributed by atoms with Gasteiger partial charge in [0, 0.05) is 18.0 Å². The van der Waals surface area contributed by atoms with Crippen LogP contribution in [0.4, 0.5) is 0 Å². The number of likely N-dealkylation sites (N-methyl/N-ethyl adjacent to an activating group) is 1. The van der Waals surface area contributed by atoms with E-state index < -0.39 is 77.7 Å². The first-order valence-electron chi connectivity index (χ1n) is 14.2. The molecule has 0 aromatic heterocycles. The van der Waals surface area contributed by atoms with Gasteiger partial charge in [0.15, 0.2) is 35.9 Å². The third kappa shape index (κ3) is 5.07. The van der Waals surface area contributed by atoms with Crippen LogP contribution in [0, 0.1) is 0 Å². The SMILES string of the molecule is COc1ccc2c3c1O[C@@H]1C(OC(=O)[C@H](O)[C@@H](O)C(=O)O[C@@H](C)C(=O)N[C@@H](CC(=O)O)C(=O)O)=CC[C@]4(O)[C@H](C2)N(C)CC[C@@]314. The molecule has 1 spiro atoms. The smallest absolute Gasteiger partial charge is 0.343 e. The lowest BCUT2D eigenvalue weighted by molar-refractivity contribution is -0.181. The van der Waals surface area contributed by atoms with Crippen LogP contribution < -0.4 is 14.8 Å². The van der Waals surface area contributed by atoms with Gasteiger partial charge in [0.05, 0.1) is 24.5 Å². The fourth-order valence-electron chi connectivity index (χ4n) is 6.98. The number of esters is 2. The van der Waals surface area contributed by atoms with Crippen molar-refractivity contribution in [3.8, 4) is 11.5 Å². The molecular formula is C29H34N2O14. The highest BCUT2D eigenvalue weighted by Crippen LogP contribution is 2.65. The van der Waals surface area contributed by atoms with E-state index in [-0.39, 0.29) is 18.2 Å². The van der Waals surface area contributed by atoms with Crippen LogP contribution in [0.3, 0.4) is 0 Å². The highest BCUT2D eigenvalue weighted by Gasteiger charge is 2.72. The Balaban J connectivity index is 1.31. The van der Waals surface area contributed by atoms with E-state index in [1.54, 1.807) is 6.07 Å². The number of ether oxygens (including phenoxy) is 4. The number of hydrogen-bond acceptors (Lipinski definition) is 13. The Kier molecular flexibility index (Phi) is 8.28. The van der Waals surface area contributed by atoms with Crippen molar-refractivity contribution >= 4 is 29.8 Å². The molecule has 2 bridgehead atoms. The van der Waals surface area contributed by atoms with Crippen LogP contribution in [0.1, 0.15) is 37.3 Å². The van der Waals surface area contributed by atoms with Crippen LogP contribution in [0.25, 0.3) is 0 Å². The minimum atomic E-state index is -2.52. The largest absolute Gasteiger partial charge is 0.493 e. The predicted octanol–water partition coefficient (Wildman–Crippen LogP) is -1.79. The van der Waals surface area contributed by atoms with Crippen LogP contribution in [0.5, 0.6) is 11.5 Å². The normalized spacial score (nSPS) is 28.6. The number of carbonyl (C=O) groups excluding carboxylic acids is 3. The van der Waals surface area contributed by atoms with Gasteiger partial charge in [0.1, 0.15) is 11.8 Å². The lowest BCUT2D eigenvalue weighted by Gasteiger charge is -2.61. The summed E-state index contributed by atoms with van der Waals surface area (Å²) in [4.78, 5) is 61.9. The van der Waals surface area contributed by atoms with Crippen molar-refractivity contribution in [2.75, 3.05) is 20.7 Å². The zero-order chi connectivity index (χ0) is 33.0. The van der Waals surface area contributed by atoms with Crippen LogP contribution in [0.15, 0.2) is 24.0 Å². The number of aliphatic hydroxyl groups excluding tert-OH is 2. The zero-order valence-corrected chi connectivity index (χ0v) is 24.6. The van der Waals surface area contributed by atoms with Gasteiger partial charge in [-0.1, -0.05) is 6.07 Å². The number of likely N-dealkylation sites (tertiary alicyclic amines) is 1. The van der Waals surface area contributed by atoms with Crippen molar-refractivity contribution in [3.05, 3.63) is 35.1 Å². The van der Waals surface area contributed by atoms with E-state index in [1.165, 1.54) is 13.2 Å². The van der Waals surface area contributed by atoms with Gasteiger partial charge >= 0.3 is 23.9 Å². The topological polar surface area (TPSA) is 239 Å². The van der Waals surface area contributed by atoms with E-state index in [9.17, 15) is 39.3 Å². The van der Waals surface area contributed by atoms with Crippen molar-refractivity contribution in [2.24, 2.45) is 0 Å². The molecule has 6 N–H and O–H groups in total. The van der Waals surface area contributed by atoms with Gasteiger partial charge in [-0.2, -0.15) is 0 Å². The number of carboxylic acid groups (broad SMARTS) is 2. The molecule has 4 aliphatic rings. The predicted molar refractivity (Wildman–Crippen MR) is 147 cm³/mol. The number of nitrogens with one attached hydrogen (secondary N) is 1. The van der Waals surface area contributed by atoms with Gasteiger partial charge in [0.2, 0.25) is 0 Å². The summed E-state index contributed by atoms with van der Waals surface area (Å²) in [6, 6.07) is 1.58. The van der Waals surface area contributed by atoms with Crippen LogP contribution in [-0.4, -0.2) is 123 Å². The van der Waals surface area contributed by atoms with Gasteiger partial charge < -0.3 is 54.7 Å². The van der Waals surface area contributed by atoms with Gasteiger partial charge in [-0.3, -0.25) is 9.59 Å². The molecule has 2 aliphatic carbocycles. The summed E-state index contributed by atoms with van der Waals surface area (Å²) in [5.41, 5.74) is -0.596. The van der Waals surface area contributed by atoms with Crippen molar-refractivity contribution in [3.63, 3.8) is 0 Å². The number of carbonyl (C=O) groups is 5. The molecule has 45 heavy (non-hydrogen) atoms. The number of hydrogen-bond donors (Lipinski definition) is 6. The summed E-state index contributed by atoms with van der Waals surface area (Å²) in [6.07, 6.45) is -6.13. The second kappa shape index (κ2) is 11.6. The van der Waals surface area contributed by atoms with E-state index in [4.69, 9.17) is 29.2 Å². The molecule has 16 heteroatoms. The van der Waals surface area contributed by atoms with E-state index in [0.29, 0.717) is 30.9 Å². The number of piperidine rings is 1. The van der Waals surface area contributed by atoms with Crippen LogP contribution in [-0.2, 0) is 45.3 Å². The molecule has 5 rings (SSSR count). The molecule has 1 aromatic carbocycles. The fraction of sp³-hybridized carbons (Fsp3) is 0.552. The van der Waals surface area contributed by atoms with Gasteiger partial charge in [-0.15, -0.1) is 0 Å². The molecular weight excluding hydrogens is 600 g/mol. The molecule has 1 aromatic rings. The average Bonchev–Trinajstić information content (AvgIpc) is 3.34. The summed E-state index contributed by atoms with van der Waals surface area (Å²) in [6.45, 7) is 1.61. The molecule has 0 saturated carbocycles. The van der Waals surface area contributed by atoms with Crippen LogP contribution in [0.2, 0.25) is 0 Å². The summed E-state index contributed by atoms with van der Waals surface area (Å²) in [7, 11) is 3.41. The van der Waals surface area contributed by atoms with Crippen molar-refractivity contribution in [1.82, 2.24) is 10.2 Å². The van der Waals surface area contributed by atoms with Crippen molar-refractivity contribution < 1.29 is 68.5 Å². The minimum absolute atomic E-state index is 0.0374. The first-order valence-corrected chi connectivity index (χ1v) is 14.2. The molecule has 8 atom stereocenters. The Morgan fingerprint density at radius 2 is 1.82 bits per heavy atom. The van der Waals surface area contributed by atoms with E-state index in [0.717, 1.165) is 18.1 Å². The van der Waals surface area contributed by atoms with E-state index >= 15 is 0 Å². The number of rotatable bonds is 11. The molecule has 1 amide bonds. The fourth-order valence-corrected chi connectivity index (χ4v) is 6.98. The lowest BCUT2D eigenvalue weighted by Crippen LogP contribution is -2.74. The average molecular weight is 635 g/mol. The molecule has 16 nitrogen and oxygen atoms in total. The second-order valence-electron chi connectivity index (χ2n) is 11.7. The number of nitrogens with zero attached hydrogens (tertiary/aromatic N) is 1. The lowest BCUT2D eigenvalue weighted by atomic mass is 9.50. The number of amides is 1. The summed E-state index contributed by atoms with van der Waals surface area (Å²) >= 11 is 0. The first-order chi connectivity index (χ1) is 21.2. The maximum atomic E-state index is 13.0. The first kappa shape index (κ1) is 32.2. The Labute approximate surface area is 256 Å². The number of methoxy groups -OCH3 is 1. The molecule has 1 fully saturated rings. The molecule has 0 unspecified atom stereocenters. The van der Waals surface area contributed by atoms with Gasteiger partial charge in [-0.05, 0) is 51.1 Å². The summed E-state index contributed by atoms with van der Waals surface area (Å²) in [5, 5.41) is 52.9. The van der Waals surface area contributed by atoms with E-state index in [2.05, 4.69) is 4.90 Å². The Hall–Kier alpha value is -4.25. The summed E-state index contributed by atoms with van der Waals surface area (Å²) < 4.78 is 22.1. The van der Waals surface area contributed by atoms with Gasteiger partial charge in [0.25, 0.3) is 5.91 Å². The van der Waals surface area contributed by atoms with E-state index in [1.807, 2.05) is 18.4 Å². The maximum absolute atomic E-state index is 13.0. The van der Waals surface area contributed by atoms with Gasteiger partial charge in [-0.25, -0.2) is 14.4 Å². The highest BCUT2D eigenvalue weighted by atomic mass is 16.6. The number of aliphatic hydroxyl groups is 3. The Bertz CT molecular complexity index is 1480. The molecule has 0 radical (unpaired) electrons. The second-order valence-corrected chi connectivity index (χ2v) is 11.7. The summed E-state index contributed by atoms with van der Waals surface area (Å²) in [5.74, 6) is -6.60. The van der Waals surface area contributed by atoms with Crippen molar-refractivity contribution in [1.29, 1.82) is 0 Å². The highest BCUT2D eigenvalue weighted by molar-refractivity contribution is 5.91. The number of carboxylic acids is 2. The van der Waals surface area contributed by atoms with Crippen molar-refractivity contribution in [2.45, 2.75) is 80.1 Å². The maximum Gasteiger partial charge on any atom is 0.343 e. The number of benzene rings is 1. The molecule has 1 saturated heterocycles. The minimum Gasteiger partial charge on any atom is -0.493 e. The molecule has 244 valence electrons. The Morgan fingerprint density at radius 1 is 1.13 bits per heavy atom. The number of aliphatic carboxylic acids is 2. The standard InChI is InChI=1S/C29H34N2O14/c1-12(24(36)30-14(25(37)38)11-18(32)33)43-26(39)20(34)21(35)27(40)44-16-6-7-29(41)17-10-13-4-5-15(42-3)22-19(13)28(29,23(16)45-22)8-9-31(17)2/h4-6,12,14,17,20-21,23,34-35,41H,7-11H2,1-3H3,(H,30,36)(H,32,33)(H,37,38)/t12-,14-,17-,20+,21+,23+,28+,29-/m0/s1. The third-order valence-electron chi connectivity index (χ3n) is 9.21. The van der Waals surface area contributed by atoms with Crippen LogP contribution >= 0.6 is 0 Å². The Morgan fingerprint density at radius 3 is 2.47 bits per heavy atom.